The number of ether oxygens (including phenoxy) is 2. The molecule has 4 heterocycles. The van der Waals surface area contributed by atoms with Gasteiger partial charge >= 0.3 is 0 Å². The van der Waals surface area contributed by atoms with E-state index in [0.29, 0.717) is 60.9 Å². The molecule has 0 bridgehead atoms. The van der Waals surface area contributed by atoms with E-state index in [9.17, 15) is 14.7 Å². The maximum absolute atomic E-state index is 13.5. The Bertz CT molecular complexity index is 1230. The van der Waals surface area contributed by atoms with Crippen LogP contribution in [0.5, 0.6) is 0 Å². The third-order valence-electron chi connectivity index (χ3n) is 6.39. The fourth-order valence-corrected chi connectivity index (χ4v) is 4.70. The van der Waals surface area contributed by atoms with Crippen LogP contribution in [0.1, 0.15) is 39.1 Å². The predicted octanol–water partition coefficient (Wildman–Crippen LogP) is 2.27. The first kappa shape index (κ1) is 23.7. The number of fused-ring (bicyclic) bond motifs is 1. The summed E-state index contributed by atoms with van der Waals surface area (Å²) in [5.74, 6) is 0.0786. The maximum Gasteiger partial charge on any atom is 0.254 e. The molecule has 5 rings (SSSR count). The van der Waals surface area contributed by atoms with Gasteiger partial charge in [-0.2, -0.15) is 0 Å². The first-order valence-electron chi connectivity index (χ1n) is 11.6. The Hall–Kier alpha value is -3.05. The van der Waals surface area contributed by atoms with E-state index in [1.165, 1.54) is 12.4 Å². The molecule has 0 aliphatic carbocycles. The summed E-state index contributed by atoms with van der Waals surface area (Å²) in [6.07, 6.45) is 4.40. The van der Waals surface area contributed by atoms with Gasteiger partial charge in [0.15, 0.2) is 5.78 Å². The summed E-state index contributed by atoms with van der Waals surface area (Å²) in [5, 5.41) is 13.4. The Morgan fingerprint density at radius 2 is 2.03 bits per heavy atom. The number of amides is 1. The molecule has 0 saturated carbocycles. The van der Waals surface area contributed by atoms with Crippen molar-refractivity contribution in [2.24, 2.45) is 0 Å². The van der Waals surface area contributed by atoms with Gasteiger partial charge in [0, 0.05) is 30.4 Å². The molecular formula is C24H26ClN5O5. The number of morpholine rings is 1. The molecule has 11 heteroatoms. The van der Waals surface area contributed by atoms with Gasteiger partial charge in [-0.1, -0.05) is 11.6 Å². The molecule has 184 valence electrons. The van der Waals surface area contributed by atoms with Gasteiger partial charge in [-0.25, -0.2) is 9.97 Å². The predicted molar refractivity (Wildman–Crippen MR) is 129 cm³/mol. The molecular weight excluding hydrogens is 474 g/mol. The van der Waals surface area contributed by atoms with E-state index in [1.54, 1.807) is 23.2 Å². The van der Waals surface area contributed by atoms with Gasteiger partial charge in [0.1, 0.15) is 17.8 Å². The zero-order valence-electron chi connectivity index (χ0n) is 19.0. The smallest absolute Gasteiger partial charge is 0.254 e. The Balaban J connectivity index is 1.39. The van der Waals surface area contributed by atoms with Crippen molar-refractivity contribution in [2.45, 2.75) is 25.0 Å². The van der Waals surface area contributed by atoms with Crippen LogP contribution in [0.25, 0.3) is 11.0 Å². The number of ketones is 1. The highest BCUT2D eigenvalue weighted by molar-refractivity contribution is 6.36. The average molecular weight is 500 g/mol. The van der Waals surface area contributed by atoms with Gasteiger partial charge in [-0.15, -0.1) is 0 Å². The van der Waals surface area contributed by atoms with E-state index in [1.807, 2.05) is 0 Å². The van der Waals surface area contributed by atoms with Crippen molar-refractivity contribution in [1.82, 2.24) is 19.9 Å². The summed E-state index contributed by atoms with van der Waals surface area (Å²) < 4.78 is 11.0. The lowest BCUT2D eigenvalue weighted by molar-refractivity contribution is -0.0224. The number of aromatic amines is 1. The summed E-state index contributed by atoms with van der Waals surface area (Å²) >= 11 is 6.49. The number of nitrogens with one attached hydrogen (secondary N) is 2. The monoisotopic (exact) mass is 499 g/mol. The van der Waals surface area contributed by atoms with Gasteiger partial charge in [0.25, 0.3) is 5.91 Å². The summed E-state index contributed by atoms with van der Waals surface area (Å²) in [4.78, 5) is 39.6. The van der Waals surface area contributed by atoms with Crippen molar-refractivity contribution < 1.29 is 24.2 Å². The second-order valence-electron chi connectivity index (χ2n) is 8.63. The quantitative estimate of drug-likeness (QED) is 0.440. The summed E-state index contributed by atoms with van der Waals surface area (Å²) in [5.41, 5.74) is 1.61. The molecule has 2 fully saturated rings. The van der Waals surface area contributed by atoms with E-state index >= 15 is 0 Å². The van der Waals surface area contributed by atoms with Gasteiger partial charge in [0.2, 0.25) is 0 Å². The van der Waals surface area contributed by atoms with Crippen molar-refractivity contribution in [1.29, 1.82) is 0 Å². The minimum atomic E-state index is -0.301. The van der Waals surface area contributed by atoms with Crippen LogP contribution >= 0.6 is 11.6 Å². The number of nitrogens with zero attached hydrogens (tertiary/aromatic N) is 3. The zero-order chi connectivity index (χ0) is 24.4. The molecule has 2 atom stereocenters. The molecule has 35 heavy (non-hydrogen) atoms. The summed E-state index contributed by atoms with van der Waals surface area (Å²) in [6, 6.07) is 4.73. The Morgan fingerprint density at radius 3 is 2.74 bits per heavy atom. The zero-order valence-corrected chi connectivity index (χ0v) is 19.8. The number of anilines is 1. The number of aromatic nitrogens is 3. The second-order valence-corrected chi connectivity index (χ2v) is 9.04. The highest BCUT2D eigenvalue weighted by atomic mass is 35.5. The lowest BCUT2D eigenvalue weighted by Gasteiger charge is -2.29. The molecule has 0 unspecified atom stereocenters. The number of aliphatic hydroxyl groups excluding tert-OH is 1. The van der Waals surface area contributed by atoms with Crippen LogP contribution in [0, 0.1) is 0 Å². The first-order chi connectivity index (χ1) is 17.0. The van der Waals surface area contributed by atoms with Crippen LogP contribution in [-0.4, -0.2) is 88.3 Å². The number of hydrogen-bond acceptors (Lipinski definition) is 8. The average Bonchev–Trinajstić information content (AvgIpc) is 3.34. The van der Waals surface area contributed by atoms with Crippen LogP contribution in [0.4, 0.5) is 5.82 Å². The number of carbonyl (C=O) groups excluding carboxylic acids is 2. The maximum atomic E-state index is 13.5. The minimum Gasteiger partial charge on any atom is -0.394 e. The molecule has 1 amide bonds. The SMILES string of the molecule is O=C(c1ccc(C(=O)N2CCOCC2)cc1Cl)c1c[nH]c2ncnc(N[C@@H]3CC[C@@H](CO)OC3)c12. The van der Waals surface area contributed by atoms with Gasteiger partial charge in [0.05, 0.1) is 54.5 Å². The molecule has 1 aromatic carbocycles. The van der Waals surface area contributed by atoms with Crippen molar-refractivity contribution in [3.8, 4) is 0 Å². The van der Waals surface area contributed by atoms with Crippen LogP contribution in [0.2, 0.25) is 5.02 Å². The minimum absolute atomic E-state index is 0.00146. The molecule has 10 nitrogen and oxygen atoms in total. The second kappa shape index (κ2) is 10.3. The van der Waals surface area contributed by atoms with Crippen LogP contribution in [-0.2, 0) is 9.47 Å². The molecule has 0 radical (unpaired) electrons. The van der Waals surface area contributed by atoms with E-state index in [0.717, 1.165) is 12.8 Å². The fourth-order valence-electron chi connectivity index (χ4n) is 4.43. The topological polar surface area (TPSA) is 130 Å². The lowest BCUT2D eigenvalue weighted by Crippen LogP contribution is -2.40. The van der Waals surface area contributed by atoms with Crippen LogP contribution in [0.15, 0.2) is 30.7 Å². The fraction of sp³-hybridized carbons (Fsp3) is 0.417. The van der Waals surface area contributed by atoms with Crippen molar-refractivity contribution in [3.05, 3.63) is 52.4 Å². The van der Waals surface area contributed by atoms with E-state index < -0.39 is 0 Å². The molecule has 0 spiro atoms. The first-order valence-corrected chi connectivity index (χ1v) is 11.9. The molecule has 2 aromatic heterocycles. The molecule has 2 aliphatic rings. The summed E-state index contributed by atoms with van der Waals surface area (Å²) in [6.45, 7) is 2.48. The van der Waals surface area contributed by atoms with E-state index in [4.69, 9.17) is 21.1 Å². The number of hydrogen-bond donors (Lipinski definition) is 3. The highest BCUT2D eigenvalue weighted by Gasteiger charge is 2.26. The Morgan fingerprint density at radius 1 is 1.20 bits per heavy atom. The molecule has 2 saturated heterocycles. The number of benzene rings is 1. The number of carbonyl (C=O) groups is 2. The number of aliphatic hydroxyl groups is 1. The van der Waals surface area contributed by atoms with Crippen molar-refractivity contribution >= 4 is 40.1 Å². The van der Waals surface area contributed by atoms with Gasteiger partial charge in [-0.05, 0) is 31.0 Å². The van der Waals surface area contributed by atoms with Crippen molar-refractivity contribution in [2.75, 3.05) is 44.8 Å². The molecule has 2 aliphatic heterocycles. The Kier molecular flexibility index (Phi) is 6.96. The third-order valence-corrected chi connectivity index (χ3v) is 6.70. The van der Waals surface area contributed by atoms with Crippen LogP contribution in [0.3, 0.4) is 0 Å². The third kappa shape index (κ3) is 4.87. The summed E-state index contributed by atoms with van der Waals surface area (Å²) in [7, 11) is 0. The standard InChI is InChI=1S/C24H26ClN5O5/c25-19-9-14(24(33)30-5-7-34-8-6-30)1-4-17(19)21(32)18-10-26-22-20(18)23(28-13-27-22)29-15-2-3-16(11-31)35-12-15/h1,4,9-10,13,15-16,31H,2-3,5-8,11-12H2,(H2,26,27,28,29)/t15-,16+/m1/s1. The number of H-pyrrole nitrogens is 1. The lowest BCUT2D eigenvalue weighted by atomic mass is 10.0. The van der Waals surface area contributed by atoms with Crippen LogP contribution < -0.4 is 5.32 Å². The van der Waals surface area contributed by atoms with Gasteiger partial charge in [-0.3, -0.25) is 9.59 Å². The van der Waals surface area contributed by atoms with Gasteiger partial charge < -0.3 is 29.8 Å². The Labute approximate surface area is 206 Å². The highest BCUT2D eigenvalue weighted by Crippen LogP contribution is 2.30. The van der Waals surface area contributed by atoms with Crippen molar-refractivity contribution in [3.63, 3.8) is 0 Å². The molecule has 3 aromatic rings. The number of rotatable bonds is 6. The number of halogens is 1. The molecule has 3 N–H and O–H groups in total. The van der Waals surface area contributed by atoms with E-state index in [2.05, 4.69) is 20.3 Å². The largest absolute Gasteiger partial charge is 0.394 e. The normalized spacial score (nSPS) is 20.7. The van der Waals surface area contributed by atoms with E-state index in [-0.39, 0.29) is 41.0 Å².